The standard InChI is InChI=1S/C12H12N2O/c1-9-7-13-5-3-11(9)14-6-4-12(15)10(2)8-14/h3-8H,1-2H3. The van der Waals surface area contributed by atoms with Gasteiger partial charge in [0.2, 0.25) is 0 Å². The molecule has 3 nitrogen and oxygen atoms in total. The maximum absolute atomic E-state index is 11.3. The lowest BCUT2D eigenvalue weighted by atomic mass is 10.2. The minimum atomic E-state index is 0.0676. The minimum absolute atomic E-state index is 0.0676. The molecule has 2 aromatic heterocycles. The smallest absolute Gasteiger partial charge is 0.184 e. The van der Waals surface area contributed by atoms with Crippen LogP contribution in [-0.4, -0.2) is 9.55 Å². The fourth-order valence-electron chi connectivity index (χ4n) is 1.50. The van der Waals surface area contributed by atoms with Crippen LogP contribution in [0.25, 0.3) is 5.69 Å². The molecular weight excluding hydrogens is 188 g/mol. The zero-order valence-electron chi connectivity index (χ0n) is 8.77. The summed E-state index contributed by atoms with van der Waals surface area (Å²) in [6.07, 6.45) is 7.17. The molecule has 0 bridgehead atoms. The Bertz CT molecular complexity index is 543. The third kappa shape index (κ3) is 1.81. The molecule has 0 fully saturated rings. The average molecular weight is 200 g/mol. The predicted molar refractivity (Wildman–Crippen MR) is 59.3 cm³/mol. The Morgan fingerprint density at radius 2 is 2.00 bits per heavy atom. The van der Waals surface area contributed by atoms with Gasteiger partial charge in [-0.2, -0.15) is 0 Å². The monoisotopic (exact) mass is 200 g/mol. The van der Waals surface area contributed by atoms with E-state index in [4.69, 9.17) is 0 Å². The van der Waals surface area contributed by atoms with Gasteiger partial charge < -0.3 is 4.57 Å². The first-order valence-corrected chi connectivity index (χ1v) is 4.78. The molecule has 0 aromatic carbocycles. The molecule has 2 aromatic rings. The largest absolute Gasteiger partial charge is 0.323 e. The van der Waals surface area contributed by atoms with Crippen LogP contribution in [0.2, 0.25) is 0 Å². The van der Waals surface area contributed by atoms with E-state index >= 15 is 0 Å². The van der Waals surface area contributed by atoms with Crippen LogP contribution in [0, 0.1) is 13.8 Å². The molecule has 76 valence electrons. The van der Waals surface area contributed by atoms with Crippen molar-refractivity contribution in [3.63, 3.8) is 0 Å². The van der Waals surface area contributed by atoms with Gasteiger partial charge in [-0.15, -0.1) is 0 Å². The van der Waals surface area contributed by atoms with Crippen molar-refractivity contribution in [3.05, 3.63) is 58.3 Å². The number of hydrogen-bond acceptors (Lipinski definition) is 2. The van der Waals surface area contributed by atoms with E-state index in [-0.39, 0.29) is 5.43 Å². The Morgan fingerprint density at radius 3 is 2.67 bits per heavy atom. The maximum atomic E-state index is 11.3. The molecular formula is C12H12N2O. The Morgan fingerprint density at radius 1 is 1.20 bits per heavy atom. The van der Waals surface area contributed by atoms with Gasteiger partial charge in [0.1, 0.15) is 0 Å². The minimum Gasteiger partial charge on any atom is -0.323 e. The molecule has 0 N–H and O–H groups in total. The molecule has 0 aliphatic carbocycles. The van der Waals surface area contributed by atoms with Gasteiger partial charge in [-0.05, 0) is 25.5 Å². The molecule has 0 spiro atoms. The highest BCUT2D eigenvalue weighted by molar-refractivity contribution is 5.38. The van der Waals surface area contributed by atoms with Crippen molar-refractivity contribution in [2.24, 2.45) is 0 Å². The predicted octanol–water partition coefficient (Wildman–Crippen LogP) is 1.85. The molecule has 0 aliphatic heterocycles. The zero-order chi connectivity index (χ0) is 10.8. The Labute approximate surface area is 88.0 Å². The summed E-state index contributed by atoms with van der Waals surface area (Å²) in [5, 5.41) is 0. The fourth-order valence-corrected chi connectivity index (χ4v) is 1.50. The van der Waals surface area contributed by atoms with Gasteiger partial charge in [0, 0.05) is 36.4 Å². The highest BCUT2D eigenvalue weighted by Crippen LogP contribution is 2.10. The lowest BCUT2D eigenvalue weighted by Crippen LogP contribution is -2.08. The molecule has 0 saturated heterocycles. The molecule has 0 radical (unpaired) electrons. The van der Waals surface area contributed by atoms with Crippen molar-refractivity contribution in [1.82, 2.24) is 9.55 Å². The normalized spacial score (nSPS) is 10.3. The lowest BCUT2D eigenvalue weighted by Gasteiger charge is -2.09. The van der Waals surface area contributed by atoms with Gasteiger partial charge >= 0.3 is 0 Å². The molecule has 0 amide bonds. The second-order valence-corrected chi connectivity index (χ2v) is 3.56. The zero-order valence-corrected chi connectivity index (χ0v) is 8.77. The van der Waals surface area contributed by atoms with Crippen molar-refractivity contribution in [3.8, 4) is 5.69 Å². The number of nitrogens with zero attached hydrogens (tertiary/aromatic N) is 2. The molecule has 0 saturated carbocycles. The summed E-state index contributed by atoms with van der Waals surface area (Å²) < 4.78 is 1.94. The topological polar surface area (TPSA) is 34.9 Å². The lowest BCUT2D eigenvalue weighted by molar-refractivity contribution is 0.996. The average Bonchev–Trinajstić information content (AvgIpc) is 2.23. The highest BCUT2D eigenvalue weighted by Gasteiger charge is 2.00. The Kier molecular flexibility index (Phi) is 2.37. The molecule has 0 aliphatic rings. The molecule has 15 heavy (non-hydrogen) atoms. The summed E-state index contributed by atoms with van der Waals surface area (Å²) in [4.78, 5) is 15.3. The number of pyridine rings is 2. The van der Waals surface area contributed by atoms with E-state index < -0.39 is 0 Å². The number of aromatic nitrogens is 2. The molecule has 0 unspecified atom stereocenters. The van der Waals surface area contributed by atoms with Crippen LogP contribution in [0.5, 0.6) is 0 Å². The van der Waals surface area contributed by atoms with Crippen LogP contribution in [-0.2, 0) is 0 Å². The molecule has 2 heterocycles. The number of rotatable bonds is 1. The van der Waals surface area contributed by atoms with Gasteiger partial charge in [-0.1, -0.05) is 0 Å². The summed E-state index contributed by atoms with van der Waals surface area (Å²) >= 11 is 0. The second-order valence-electron chi connectivity index (χ2n) is 3.56. The number of hydrogen-bond donors (Lipinski definition) is 0. The van der Waals surface area contributed by atoms with Crippen molar-refractivity contribution >= 4 is 0 Å². The quantitative estimate of drug-likeness (QED) is 0.704. The molecule has 0 atom stereocenters. The van der Waals surface area contributed by atoms with E-state index in [9.17, 15) is 4.79 Å². The third-order valence-electron chi connectivity index (χ3n) is 2.38. The van der Waals surface area contributed by atoms with E-state index in [2.05, 4.69) is 4.98 Å². The van der Waals surface area contributed by atoms with Crippen molar-refractivity contribution in [1.29, 1.82) is 0 Å². The summed E-state index contributed by atoms with van der Waals surface area (Å²) in [7, 11) is 0. The van der Waals surface area contributed by atoms with Gasteiger partial charge in [0.25, 0.3) is 0 Å². The third-order valence-corrected chi connectivity index (χ3v) is 2.38. The maximum Gasteiger partial charge on any atom is 0.184 e. The van der Waals surface area contributed by atoms with E-state index in [0.29, 0.717) is 0 Å². The Hall–Kier alpha value is -1.90. The Balaban J connectivity index is 2.60. The van der Waals surface area contributed by atoms with Gasteiger partial charge in [-0.25, -0.2) is 0 Å². The van der Waals surface area contributed by atoms with Gasteiger partial charge in [0.15, 0.2) is 5.43 Å². The first kappa shape index (κ1) is 9.65. The first-order chi connectivity index (χ1) is 7.18. The van der Waals surface area contributed by atoms with E-state index in [1.165, 1.54) is 0 Å². The van der Waals surface area contributed by atoms with Crippen LogP contribution >= 0.6 is 0 Å². The van der Waals surface area contributed by atoms with Crippen LogP contribution in [0.4, 0.5) is 0 Å². The highest BCUT2D eigenvalue weighted by atomic mass is 16.1. The van der Waals surface area contributed by atoms with E-state index in [1.807, 2.05) is 36.9 Å². The fraction of sp³-hybridized carbons (Fsp3) is 0.167. The molecule has 3 heteroatoms. The van der Waals surface area contributed by atoms with Gasteiger partial charge in [-0.3, -0.25) is 9.78 Å². The second kappa shape index (κ2) is 3.69. The van der Waals surface area contributed by atoms with Crippen LogP contribution < -0.4 is 5.43 Å². The first-order valence-electron chi connectivity index (χ1n) is 4.78. The van der Waals surface area contributed by atoms with Crippen LogP contribution in [0.15, 0.2) is 41.7 Å². The number of aryl methyl sites for hydroxylation is 2. The van der Waals surface area contributed by atoms with Crippen LogP contribution in [0.1, 0.15) is 11.1 Å². The SMILES string of the molecule is Cc1cnccc1-n1ccc(=O)c(C)c1. The molecule has 2 rings (SSSR count). The van der Waals surface area contributed by atoms with Crippen molar-refractivity contribution < 1.29 is 0 Å². The van der Waals surface area contributed by atoms with Crippen molar-refractivity contribution in [2.75, 3.05) is 0 Å². The van der Waals surface area contributed by atoms with Gasteiger partial charge in [0.05, 0.1) is 5.69 Å². The summed E-state index contributed by atoms with van der Waals surface area (Å²) in [5.41, 5.74) is 2.94. The van der Waals surface area contributed by atoms with E-state index in [1.54, 1.807) is 18.5 Å². The summed E-state index contributed by atoms with van der Waals surface area (Å²) in [6, 6.07) is 3.51. The summed E-state index contributed by atoms with van der Waals surface area (Å²) in [5.74, 6) is 0. The summed E-state index contributed by atoms with van der Waals surface area (Å²) in [6.45, 7) is 3.81. The van der Waals surface area contributed by atoms with E-state index in [0.717, 1.165) is 16.8 Å². The van der Waals surface area contributed by atoms with Crippen molar-refractivity contribution in [2.45, 2.75) is 13.8 Å². The van der Waals surface area contributed by atoms with Crippen LogP contribution in [0.3, 0.4) is 0 Å².